The fraction of sp³-hybridized carbons (Fsp3) is 0.923. The lowest BCUT2D eigenvalue weighted by atomic mass is 9.95. The molecule has 2 atom stereocenters. The van der Waals surface area contributed by atoms with Gasteiger partial charge in [0.15, 0.2) is 0 Å². The van der Waals surface area contributed by atoms with Gasteiger partial charge in [-0.15, -0.1) is 0 Å². The first kappa shape index (κ1) is 12.8. The van der Waals surface area contributed by atoms with E-state index in [-0.39, 0.29) is 6.04 Å². The largest absolute Gasteiger partial charge is 0.481 e. The van der Waals surface area contributed by atoms with Gasteiger partial charge in [-0.3, -0.25) is 9.69 Å². The molecule has 0 radical (unpaired) electrons. The molecule has 0 saturated carbocycles. The van der Waals surface area contributed by atoms with Crippen LogP contribution in [0.3, 0.4) is 0 Å². The molecule has 1 N–H and O–H groups in total. The van der Waals surface area contributed by atoms with E-state index in [9.17, 15) is 4.79 Å². The molecule has 2 saturated heterocycles. The van der Waals surface area contributed by atoms with Crippen molar-refractivity contribution in [3.05, 3.63) is 0 Å². The van der Waals surface area contributed by atoms with Crippen LogP contribution in [0, 0.1) is 0 Å². The van der Waals surface area contributed by atoms with Gasteiger partial charge in [0.25, 0.3) is 0 Å². The number of ether oxygens (including phenoxy) is 1. The maximum Gasteiger partial charge on any atom is 0.304 e. The van der Waals surface area contributed by atoms with Gasteiger partial charge in [-0.25, -0.2) is 0 Å². The molecule has 2 aliphatic rings. The summed E-state index contributed by atoms with van der Waals surface area (Å²) in [7, 11) is 0. The maximum absolute atomic E-state index is 10.9. The van der Waals surface area contributed by atoms with Crippen LogP contribution >= 0.6 is 0 Å². The minimum atomic E-state index is -0.660. The molecule has 0 aromatic carbocycles. The van der Waals surface area contributed by atoms with Crippen molar-refractivity contribution < 1.29 is 14.6 Å². The van der Waals surface area contributed by atoms with Gasteiger partial charge in [0.1, 0.15) is 0 Å². The molecule has 0 aliphatic carbocycles. The molecule has 0 spiro atoms. The van der Waals surface area contributed by atoms with Crippen LogP contribution in [0.2, 0.25) is 0 Å². The third-order valence-electron chi connectivity index (χ3n) is 3.97. The Balaban J connectivity index is 1.96. The zero-order chi connectivity index (χ0) is 12.1. The molecule has 2 unspecified atom stereocenters. The quantitative estimate of drug-likeness (QED) is 0.819. The molecule has 4 nitrogen and oxygen atoms in total. The van der Waals surface area contributed by atoms with Gasteiger partial charge in [0, 0.05) is 25.3 Å². The van der Waals surface area contributed by atoms with E-state index in [1.165, 1.54) is 12.8 Å². The monoisotopic (exact) mass is 241 g/mol. The molecule has 98 valence electrons. The molecule has 4 heteroatoms. The van der Waals surface area contributed by atoms with Crippen molar-refractivity contribution in [1.82, 2.24) is 4.90 Å². The number of hydrogen-bond acceptors (Lipinski definition) is 3. The Morgan fingerprint density at radius 1 is 1.18 bits per heavy atom. The summed E-state index contributed by atoms with van der Waals surface area (Å²) in [6.45, 7) is 2.78. The molecule has 0 aromatic rings. The summed E-state index contributed by atoms with van der Waals surface area (Å²) in [5.41, 5.74) is 0. The predicted octanol–water partition coefficient (Wildman–Crippen LogP) is 1.88. The average Bonchev–Trinajstić information content (AvgIpc) is 2.57. The second-order valence-electron chi connectivity index (χ2n) is 5.18. The first-order valence-corrected chi connectivity index (χ1v) is 6.82. The molecular weight excluding hydrogens is 218 g/mol. The molecule has 2 heterocycles. The molecule has 0 amide bonds. The van der Waals surface area contributed by atoms with E-state index in [0.717, 1.165) is 45.4 Å². The van der Waals surface area contributed by atoms with Gasteiger partial charge in [0.05, 0.1) is 6.42 Å². The minimum absolute atomic E-state index is 0.254. The lowest BCUT2D eigenvalue weighted by molar-refractivity contribution is -0.139. The summed E-state index contributed by atoms with van der Waals surface area (Å²) in [5.74, 6) is -0.660. The Kier molecular flexibility index (Phi) is 4.80. The van der Waals surface area contributed by atoms with Crippen LogP contribution in [0.1, 0.15) is 44.9 Å². The number of aliphatic carboxylic acids is 1. The van der Waals surface area contributed by atoms with E-state index in [1.807, 2.05) is 0 Å². The Hall–Kier alpha value is -0.610. The first-order valence-electron chi connectivity index (χ1n) is 6.82. The van der Waals surface area contributed by atoms with E-state index in [4.69, 9.17) is 9.84 Å². The zero-order valence-corrected chi connectivity index (χ0v) is 10.4. The van der Waals surface area contributed by atoms with E-state index >= 15 is 0 Å². The van der Waals surface area contributed by atoms with Crippen LogP contribution in [-0.4, -0.2) is 47.8 Å². The van der Waals surface area contributed by atoms with Crippen molar-refractivity contribution in [1.29, 1.82) is 0 Å². The number of piperidine rings is 1. The third kappa shape index (κ3) is 3.68. The van der Waals surface area contributed by atoms with Gasteiger partial charge in [0.2, 0.25) is 0 Å². The number of nitrogens with zero attached hydrogens (tertiary/aromatic N) is 1. The van der Waals surface area contributed by atoms with Crippen molar-refractivity contribution >= 4 is 5.97 Å². The van der Waals surface area contributed by atoms with E-state index < -0.39 is 5.97 Å². The normalized spacial score (nSPS) is 32.0. The highest BCUT2D eigenvalue weighted by atomic mass is 16.5. The standard InChI is InChI=1S/C13H23NO3/c15-13(16)10-12-4-1-2-7-14(12)11-5-3-8-17-9-6-11/h11-12H,1-10H2,(H,15,16). The van der Waals surface area contributed by atoms with Crippen LogP contribution < -0.4 is 0 Å². The first-order chi connectivity index (χ1) is 8.27. The Morgan fingerprint density at radius 3 is 2.88 bits per heavy atom. The zero-order valence-electron chi connectivity index (χ0n) is 10.4. The summed E-state index contributed by atoms with van der Waals surface area (Å²) in [5, 5.41) is 8.99. The molecule has 17 heavy (non-hydrogen) atoms. The number of carboxylic acid groups (broad SMARTS) is 1. The SMILES string of the molecule is O=C(O)CC1CCCCN1C1CCCOCC1. The topological polar surface area (TPSA) is 49.8 Å². The van der Waals surface area contributed by atoms with Crippen LogP contribution in [0.5, 0.6) is 0 Å². The molecular formula is C13H23NO3. The number of carboxylic acids is 1. The van der Waals surface area contributed by atoms with E-state index in [0.29, 0.717) is 12.5 Å². The maximum atomic E-state index is 10.9. The number of carbonyl (C=O) groups is 1. The minimum Gasteiger partial charge on any atom is -0.481 e. The Morgan fingerprint density at radius 2 is 2.06 bits per heavy atom. The van der Waals surface area contributed by atoms with Crippen molar-refractivity contribution in [3.8, 4) is 0 Å². The predicted molar refractivity (Wildman–Crippen MR) is 65.1 cm³/mol. The summed E-state index contributed by atoms with van der Waals surface area (Å²) in [6.07, 6.45) is 7.08. The van der Waals surface area contributed by atoms with E-state index in [1.54, 1.807) is 0 Å². The third-order valence-corrected chi connectivity index (χ3v) is 3.97. The Labute approximate surface area is 103 Å². The second kappa shape index (κ2) is 6.36. The van der Waals surface area contributed by atoms with Crippen LogP contribution in [0.4, 0.5) is 0 Å². The molecule has 0 bridgehead atoms. The van der Waals surface area contributed by atoms with Crippen molar-refractivity contribution in [2.24, 2.45) is 0 Å². The smallest absolute Gasteiger partial charge is 0.304 e. The van der Waals surface area contributed by atoms with Gasteiger partial charge in [-0.05, 0) is 38.6 Å². The molecule has 2 rings (SSSR count). The fourth-order valence-corrected chi connectivity index (χ4v) is 3.14. The number of hydrogen-bond donors (Lipinski definition) is 1. The van der Waals surface area contributed by atoms with Gasteiger partial charge in [-0.1, -0.05) is 6.42 Å². The lowest BCUT2D eigenvalue weighted by Gasteiger charge is -2.40. The van der Waals surface area contributed by atoms with Crippen molar-refractivity contribution in [2.75, 3.05) is 19.8 Å². The Bertz CT molecular complexity index is 249. The summed E-state index contributed by atoms with van der Waals surface area (Å²) < 4.78 is 5.49. The average molecular weight is 241 g/mol. The lowest BCUT2D eigenvalue weighted by Crippen LogP contribution is -2.47. The highest BCUT2D eigenvalue weighted by Gasteiger charge is 2.30. The van der Waals surface area contributed by atoms with Crippen LogP contribution in [0.15, 0.2) is 0 Å². The summed E-state index contributed by atoms with van der Waals surface area (Å²) >= 11 is 0. The van der Waals surface area contributed by atoms with Crippen molar-refractivity contribution in [2.45, 2.75) is 57.0 Å². The van der Waals surface area contributed by atoms with Crippen molar-refractivity contribution in [3.63, 3.8) is 0 Å². The van der Waals surface area contributed by atoms with Gasteiger partial charge < -0.3 is 9.84 Å². The van der Waals surface area contributed by atoms with Gasteiger partial charge >= 0.3 is 5.97 Å². The second-order valence-corrected chi connectivity index (χ2v) is 5.18. The molecule has 2 fully saturated rings. The van der Waals surface area contributed by atoms with Crippen LogP contribution in [0.25, 0.3) is 0 Å². The highest BCUT2D eigenvalue weighted by molar-refractivity contribution is 5.67. The van der Waals surface area contributed by atoms with Gasteiger partial charge in [-0.2, -0.15) is 0 Å². The molecule has 0 aromatic heterocycles. The van der Waals surface area contributed by atoms with Crippen LogP contribution in [-0.2, 0) is 9.53 Å². The fourth-order valence-electron chi connectivity index (χ4n) is 3.14. The number of likely N-dealkylation sites (tertiary alicyclic amines) is 1. The summed E-state index contributed by atoms with van der Waals surface area (Å²) in [4.78, 5) is 13.4. The highest BCUT2D eigenvalue weighted by Crippen LogP contribution is 2.26. The number of rotatable bonds is 3. The summed E-state index contributed by atoms with van der Waals surface area (Å²) in [6, 6.07) is 0.798. The molecule has 2 aliphatic heterocycles. The van der Waals surface area contributed by atoms with E-state index in [2.05, 4.69) is 4.90 Å².